The zero-order valence-electron chi connectivity index (χ0n) is 20.9. The summed E-state index contributed by atoms with van der Waals surface area (Å²) in [6, 6.07) is 16.7. The Kier molecular flexibility index (Phi) is 6.94. The van der Waals surface area contributed by atoms with Crippen molar-refractivity contribution in [3.8, 4) is 11.1 Å². The van der Waals surface area contributed by atoms with Crippen LogP contribution in [0.1, 0.15) is 53.9 Å². The molecule has 6 heteroatoms. The van der Waals surface area contributed by atoms with Crippen LogP contribution in [0.15, 0.2) is 48.5 Å². The van der Waals surface area contributed by atoms with Crippen LogP contribution in [0, 0.1) is 5.92 Å². The van der Waals surface area contributed by atoms with Gasteiger partial charge in [-0.25, -0.2) is 0 Å². The van der Waals surface area contributed by atoms with E-state index in [0.29, 0.717) is 11.5 Å². The van der Waals surface area contributed by atoms with Gasteiger partial charge in [-0.15, -0.1) is 0 Å². The summed E-state index contributed by atoms with van der Waals surface area (Å²) in [7, 11) is 3.53. The van der Waals surface area contributed by atoms with E-state index in [1.165, 1.54) is 12.0 Å². The van der Waals surface area contributed by atoms with Gasteiger partial charge in [0.2, 0.25) is 5.91 Å². The Hall–Kier alpha value is -2.70. The van der Waals surface area contributed by atoms with Crippen molar-refractivity contribution in [3.05, 3.63) is 59.7 Å². The zero-order chi connectivity index (χ0) is 24.5. The zero-order valence-corrected chi connectivity index (χ0v) is 20.9. The number of rotatable bonds is 5. The average molecular weight is 476 g/mol. The van der Waals surface area contributed by atoms with Gasteiger partial charge in [-0.1, -0.05) is 42.8 Å². The quantitative estimate of drug-likeness (QED) is 0.718. The third kappa shape index (κ3) is 4.62. The molecule has 0 unspecified atom stereocenters. The topological polar surface area (TPSA) is 64.1 Å². The van der Waals surface area contributed by atoms with Crippen molar-refractivity contribution in [1.29, 1.82) is 0 Å². The van der Waals surface area contributed by atoms with Crippen LogP contribution in [0.2, 0.25) is 0 Å². The first kappa shape index (κ1) is 24.0. The minimum Gasteiger partial charge on any atom is -0.395 e. The van der Waals surface area contributed by atoms with E-state index < -0.39 is 0 Å². The molecule has 2 amide bonds. The van der Waals surface area contributed by atoms with Gasteiger partial charge < -0.3 is 14.9 Å². The molecule has 0 bridgehead atoms. The number of amides is 2. The Labute approximate surface area is 208 Å². The number of benzene rings is 2. The summed E-state index contributed by atoms with van der Waals surface area (Å²) in [4.78, 5) is 31.6. The summed E-state index contributed by atoms with van der Waals surface area (Å²) in [5.74, 6) is 0.774. The predicted octanol–water partition coefficient (Wildman–Crippen LogP) is 3.61. The van der Waals surface area contributed by atoms with E-state index in [2.05, 4.69) is 34.1 Å². The third-order valence-electron chi connectivity index (χ3n) is 8.28. The van der Waals surface area contributed by atoms with Crippen LogP contribution in [0.4, 0.5) is 0 Å². The minimum absolute atomic E-state index is 0.00546. The standard InChI is InChI=1S/C29H37N3O3/c1-30(2)28(34)24-10-6-9-23(17-24)20-11-13-21(14-12-20)27-25-18-31(29(35)22-7-5-8-22)15-3-4-16-32(25)26(27)19-33/h6,9-14,17,22,25-27,33H,3-5,7-8,15-16,18-19H2,1-2H3/t25-,26+,27-/m1/s1. The molecule has 2 aromatic carbocycles. The first-order valence-corrected chi connectivity index (χ1v) is 13.1. The lowest BCUT2D eigenvalue weighted by atomic mass is 9.74. The number of aliphatic hydroxyl groups excluding tert-OH is 1. The molecule has 2 aromatic rings. The fourth-order valence-electron chi connectivity index (χ4n) is 6.04. The van der Waals surface area contributed by atoms with Crippen LogP contribution in [0.5, 0.6) is 0 Å². The lowest BCUT2D eigenvalue weighted by molar-refractivity contribution is -0.143. The number of hydrogen-bond acceptors (Lipinski definition) is 4. The summed E-state index contributed by atoms with van der Waals surface area (Å²) < 4.78 is 0. The molecular weight excluding hydrogens is 438 g/mol. The van der Waals surface area contributed by atoms with Crippen molar-refractivity contribution >= 4 is 11.8 Å². The van der Waals surface area contributed by atoms with Gasteiger partial charge in [0.05, 0.1) is 6.61 Å². The first-order chi connectivity index (χ1) is 17.0. The monoisotopic (exact) mass is 475 g/mol. The maximum Gasteiger partial charge on any atom is 0.253 e. The molecular formula is C29H37N3O3. The molecule has 35 heavy (non-hydrogen) atoms. The summed E-state index contributed by atoms with van der Waals surface area (Å²) in [6.07, 6.45) is 5.35. The second kappa shape index (κ2) is 10.1. The molecule has 2 saturated heterocycles. The molecule has 2 aliphatic heterocycles. The predicted molar refractivity (Wildman–Crippen MR) is 137 cm³/mol. The van der Waals surface area contributed by atoms with E-state index in [1.807, 2.05) is 24.3 Å². The fourth-order valence-corrected chi connectivity index (χ4v) is 6.04. The van der Waals surface area contributed by atoms with Crippen molar-refractivity contribution in [2.75, 3.05) is 40.3 Å². The van der Waals surface area contributed by atoms with Crippen molar-refractivity contribution in [1.82, 2.24) is 14.7 Å². The van der Waals surface area contributed by atoms with Gasteiger partial charge >= 0.3 is 0 Å². The lowest BCUT2D eigenvalue weighted by Crippen LogP contribution is -2.68. The molecule has 3 fully saturated rings. The van der Waals surface area contributed by atoms with Gasteiger partial charge in [0, 0.05) is 56.7 Å². The molecule has 2 heterocycles. The molecule has 0 spiro atoms. The first-order valence-electron chi connectivity index (χ1n) is 13.1. The molecule has 186 valence electrons. The van der Waals surface area contributed by atoms with E-state index in [-0.39, 0.29) is 36.4 Å². The van der Waals surface area contributed by atoms with Crippen LogP contribution < -0.4 is 0 Å². The summed E-state index contributed by atoms with van der Waals surface area (Å²) in [5, 5.41) is 10.2. The highest BCUT2D eigenvalue weighted by molar-refractivity contribution is 5.95. The number of aliphatic hydroxyl groups is 1. The Morgan fingerprint density at radius 2 is 1.71 bits per heavy atom. The highest BCUT2D eigenvalue weighted by Gasteiger charge is 2.49. The summed E-state index contributed by atoms with van der Waals surface area (Å²) in [6.45, 7) is 2.74. The average Bonchev–Trinajstić information content (AvgIpc) is 2.82. The minimum atomic E-state index is -0.00546. The normalized spacial score (nSPS) is 25.0. The highest BCUT2D eigenvalue weighted by Crippen LogP contribution is 2.43. The Morgan fingerprint density at radius 1 is 0.971 bits per heavy atom. The fraction of sp³-hybridized carbons (Fsp3) is 0.517. The van der Waals surface area contributed by atoms with Gasteiger partial charge in [-0.2, -0.15) is 0 Å². The Balaban J connectivity index is 1.36. The van der Waals surface area contributed by atoms with Gasteiger partial charge in [0.1, 0.15) is 0 Å². The van der Waals surface area contributed by atoms with Crippen LogP contribution >= 0.6 is 0 Å². The third-order valence-corrected chi connectivity index (χ3v) is 8.28. The smallest absolute Gasteiger partial charge is 0.253 e. The van der Waals surface area contributed by atoms with Crippen LogP contribution in [0.3, 0.4) is 0 Å². The Bertz CT molecular complexity index is 1060. The summed E-state index contributed by atoms with van der Waals surface area (Å²) >= 11 is 0. The molecule has 1 N–H and O–H groups in total. The van der Waals surface area contributed by atoms with Crippen LogP contribution in [-0.2, 0) is 4.79 Å². The lowest BCUT2D eigenvalue weighted by Gasteiger charge is -2.57. The number of carbonyl (C=O) groups is 2. The summed E-state index contributed by atoms with van der Waals surface area (Å²) in [5.41, 5.74) is 3.98. The number of carbonyl (C=O) groups excluding carboxylic acids is 2. The maximum atomic E-state index is 13.1. The van der Waals surface area contributed by atoms with Crippen molar-refractivity contribution in [2.45, 2.75) is 50.1 Å². The molecule has 6 nitrogen and oxygen atoms in total. The van der Waals surface area contributed by atoms with Gasteiger partial charge in [0.25, 0.3) is 5.91 Å². The second-order valence-electron chi connectivity index (χ2n) is 10.6. The van der Waals surface area contributed by atoms with Crippen molar-refractivity contribution in [2.24, 2.45) is 5.92 Å². The maximum absolute atomic E-state index is 13.1. The van der Waals surface area contributed by atoms with Crippen molar-refractivity contribution < 1.29 is 14.7 Å². The molecule has 5 rings (SSSR count). The second-order valence-corrected chi connectivity index (χ2v) is 10.6. The van der Waals surface area contributed by atoms with Crippen LogP contribution in [-0.4, -0.2) is 84.0 Å². The highest BCUT2D eigenvalue weighted by atomic mass is 16.3. The molecule has 3 atom stereocenters. The number of fused-ring (bicyclic) bond motifs is 1. The van der Waals surface area contributed by atoms with Gasteiger partial charge in [0.15, 0.2) is 0 Å². The van der Waals surface area contributed by atoms with E-state index in [1.54, 1.807) is 19.0 Å². The van der Waals surface area contributed by atoms with E-state index >= 15 is 0 Å². The van der Waals surface area contributed by atoms with E-state index in [4.69, 9.17) is 0 Å². The van der Waals surface area contributed by atoms with Gasteiger partial charge in [-0.05, 0) is 61.1 Å². The van der Waals surface area contributed by atoms with E-state index in [0.717, 1.165) is 56.4 Å². The Morgan fingerprint density at radius 3 is 2.37 bits per heavy atom. The molecule has 0 radical (unpaired) electrons. The largest absolute Gasteiger partial charge is 0.395 e. The number of hydrogen-bond donors (Lipinski definition) is 1. The SMILES string of the molecule is CN(C)C(=O)c1cccc(-c2ccc([C@@H]3[C@H]4CN(C(=O)C5CCC5)CCCCN4[C@H]3CO)cc2)c1. The number of nitrogens with zero attached hydrogens (tertiary/aromatic N) is 3. The molecule has 1 saturated carbocycles. The van der Waals surface area contributed by atoms with Crippen LogP contribution in [0.25, 0.3) is 11.1 Å². The molecule has 0 aromatic heterocycles. The van der Waals surface area contributed by atoms with E-state index in [9.17, 15) is 14.7 Å². The molecule has 1 aliphatic carbocycles. The van der Waals surface area contributed by atoms with Gasteiger partial charge in [-0.3, -0.25) is 14.5 Å². The van der Waals surface area contributed by atoms with Crippen molar-refractivity contribution in [3.63, 3.8) is 0 Å². The molecule has 3 aliphatic rings.